The molecule has 1 saturated heterocycles. The third kappa shape index (κ3) is 3.38. The van der Waals surface area contributed by atoms with E-state index in [4.69, 9.17) is 4.74 Å². The maximum Gasteiger partial charge on any atom is 0.418 e. The summed E-state index contributed by atoms with van der Waals surface area (Å²) in [5.74, 6) is -0.334. The average Bonchev–Trinajstić information content (AvgIpc) is 2.71. The fourth-order valence-electron chi connectivity index (χ4n) is 3.46. The van der Waals surface area contributed by atoms with Crippen molar-refractivity contribution in [2.24, 2.45) is 0 Å². The molecule has 0 aromatic carbocycles. The van der Waals surface area contributed by atoms with Crippen LogP contribution in [0.15, 0.2) is 6.20 Å². The van der Waals surface area contributed by atoms with Gasteiger partial charge in [0.1, 0.15) is 0 Å². The van der Waals surface area contributed by atoms with Gasteiger partial charge >= 0.3 is 6.18 Å². The highest BCUT2D eigenvalue weighted by Crippen LogP contribution is 2.46. The number of anilines is 1. The molecule has 0 aliphatic carbocycles. The van der Waals surface area contributed by atoms with Gasteiger partial charge < -0.3 is 9.64 Å². The molecule has 2 aliphatic rings. The summed E-state index contributed by atoms with van der Waals surface area (Å²) < 4.78 is 71.5. The molecule has 0 bridgehead atoms. The van der Waals surface area contributed by atoms with Crippen molar-refractivity contribution in [3.63, 3.8) is 0 Å². The highest BCUT2D eigenvalue weighted by atomic mass is 19.4. The number of fused-ring (bicyclic) bond motifs is 3. The molecule has 0 radical (unpaired) electrons. The molecule has 1 aromatic rings. The van der Waals surface area contributed by atoms with Gasteiger partial charge in [-0.1, -0.05) is 0 Å². The fraction of sp³-hybridized carbons (Fsp3) is 0.688. The second-order valence-corrected chi connectivity index (χ2v) is 6.61. The molecule has 1 atom stereocenters. The molecule has 4 nitrogen and oxygen atoms in total. The number of nitrogens with zero attached hydrogens (tertiary/aromatic N) is 3. The lowest BCUT2D eigenvalue weighted by atomic mass is 10.1. The van der Waals surface area contributed by atoms with E-state index < -0.39 is 29.5 Å². The van der Waals surface area contributed by atoms with Crippen molar-refractivity contribution in [1.82, 2.24) is 9.88 Å². The van der Waals surface area contributed by atoms with Gasteiger partial charge in [0.2, 0.25) is 0 Å². The maximum atomic E-state index is 13.4. The number of piperazine rings is 1. The van der Waals surface area contributed by atoms with Gasteiger partial charge in [-0.25, -0.2) is 13.8 Å². The number of ether oxygens (including phenoxy) is 1. The van der Waals surface area contributed by atoms with Gasteiger partial charge in [0.15, 0.2) is 11.6 Å². The highest BCUT2D eigenvalue weighted by molar-refractivity contribution is 5.61. The molecule has 25 heavy (non-hydrogen) atoms. The van der Waals surface area contributed by atoms with Crippen LogP contribution in [0.3, 0.4) is 0 Å². The molecule has 0 N–H and O–H groups in total. The lowest BCUT2D eigenvalue weighted by Crippen LogP contribution is -2.55. The zero-order valence-electron chi connectivity index (χ0n) is 14.0. The van der Waals surface area contributed by atoms with Crippen LogP contribution >= 0.6 is 0 Å². The second-order valence-electron chi connectivity index (χ2n) is 6.61. The van der Waals surface area contributed by atoms with Gasteiger partial charge in [-0.15, -0.1) is 0 Å². The minimum atomic E-state index is -4.90. The summed E-state index contributed by atoms with van der Waals surface area (Å²) in [7, 11) is 0. The first-order valence-corrected chi connectivity index (χ1v) is 8.22. The van der Waals surface area contributed by atoms with Crippen LogP contribution in [0.4, 0.5) is 27.8 Å². The summed E-state index contributed by atoms with van der Waals surface area (Å²) >= 11 is 0. The molecule has 9 heteroatoms. The molecule has 1 fully saturated rings. The molecule has 2 aliphatic heterocycles. The minimum Gasteiger partial charge on any atom is -0.489 e. The average molecular weight is 365 g/mol. The third-order valence-corrected chi connectivity index (χ3v) is 4.79. The number of halogens is 5. The number of pyridine rings is 1. The molecule has 1 aromatic heterocycles. The largest absolute Gasteiger partial charge is 0.489 e. The van der Waals surface area contributed by atoms with Crippen LogP contribution in [0.5, 0.6) is 5.75 Å². The van der Waals surface area contributed by atoms with Crippen LogP contribution in [0.25, 0.3) is 0 Å². The number of aromatic nitrogens is 1. The predicted octanol–water partition coefficient (Wildman–Crippen LogP) is 3.72. The van der Waals surface area contributed by atoms with Gasteiger partial charge in [0.05, 0.1) is 17.7 Å². The Morgan fingerprint density at radius 2 is 1.96 bits per heavy atom. The van der Waals surface area contributed by atoms with E-state index in [0.717, 1.165) is 0 Å². The number of hydrogen-bond acceptors (Lipinski definition) is 4. The van der Waals surface area contributed by atoms with E-state index in [1.807, 2.05) is 4.90 Å². The first-order chi connectivity index (χ1) is 11.7. The zero-order valence-corrected chi connectivity index (χ0v) is 14.0. The number of hydrogen-bond donors (Lipinski definition) is 0. The summed E-state index contributed by atoms with van der Waals surface area (Å²) in [6.07, 6.45) is -7.15. The van der Waals surface area contributed by atoms with Crippen LogP contribution in [-0.4, -0.2) is 48.2 Å². The molecule has 3 heterocycles. The smallest absolute Gasteiger partial charge is 0.418 e. The molecule has 3 rings (SSSR count). The summed E-state index contributed by atoms with van der Waals surface area (Å²) in [4.78, 5) is 7.94. The summed E-state index contributed by atoms with van der Waals surface area (Å²) in [6.45, 7) is 6.13. The molecule has 0 spiro atoms. The van der Waals surface area contributed by atoms with Crippen LogP contribution < -0.4 is 9.64 Å². The first kappa shape index (κ1) is 18.2. The Hall–Kier alpha value is -1.64. The lowest BCUT2D eigenvalue weighted by Gasteiger charge is -2.43. The normalized spacial score (nSPS) is 21.8. The van der Waals surface area contributed by atoms with E-state index in [0.29, 0.717) is 38.3 Å². The summed E-state index contributed by atoms with van der Waals surface area (Å²) in [5, 5.41) is 0. The van der Waals surface area contributed by atoms with Crippen molar-refractivity contribution >= 4 is 5.82 Å². The molecular formula is C16H20F5N3O. The first-order valence-electron chi connectivity index (χ1n) is 8.22. The van der Waals surface area contributed by atoms with Gasteiger partial charge in [-0.2, -0.15) is 13.2 Å². The van der Waals surface area contributed by atoms with Crippen LogP contribution in [0.2, 0.25) is 0 Å². The van der Waals surface area contributed by atoms with Gasteiger partial charge in [-0.3, -0.25) is 4.90 Å². The molecule has 0 unspecified atom stereocenters. The Kier molecular flexibility index (Phi) is 4.78. The van der Waals surface area contributed by atoms with E-state index in [-0.39, 0.29) is 18.5 Å². The minimum absolute atomic E-state index is 0.0211. The van der Waals surface area contributed by atoms with Gasteiger partial charge in [0, 0.05) is 44.3 Å². The zero-order chi connectivity index (χ0) is 18.4. The van der Waals surface area contributed by atoms with Crippen LogP contribution in [-0.2, 0) is 6.18 Å². The molecular weight excluding hydrogens is 345 g/mol. The van der Waals surface area contributed by atoms with E-state index in [1.54, 1.807) is 0 Å². The van der Waals surface area contributed by atoms with Crippen molar-refractivity contribution < 1.29 is 26.7 Å². The van der Waals surface area contributed by atoms with E-state index in [9.17, 15) is 22.0 Å². The van der Waals surface area contributed by atoms with Gasteiger partial charge in [0.25, 0.3) is 6.43 Å². The quantitative estimate of drug-likeness (QED) is 0.747. The Labute approximate surface area is 142 Å². The third-order valence-electron chi connectivity index (χ3n) is 4.79. The molecule has 140 valence electrons. The fourth-order valence-corrected chi connectivity index (χ4v) is 3.46. The van der Waals surface area contributed by atoms with Crippen molar-refractivity contribution in [2.75, 3.05) is 31.1 Å². The SMILES string of the molecule is CC(C)N1CCN2c3ncc(C(F)(F)F)c(C(F)F)c3OCC[C@H]2C1. The molecule has 0 amide bonds. The van der Waals surface area contributed by atoms with Crippen molar-refractivity contribution in [3.05, 3.63) is 17.3 Å². The summed E-state index contributed by atoms with van der Waals surface area (Å²) in [6, 6.07) is 0.315. The lowest BCUT2D eigenvalue weighted by molar-refractivity contribution is -0.139. The van der Waals surface area contributed by atoms with Crippen molar-refractivity contribution in [2.45, 2.75) is 45.0 Å². The standard InChI is InChI=1S/C16H20F5N3O/c1-9(2)23-4-5-24-10(8-23)3-6-25-13-12(14(17)18)11(16(19,20)21)7-22-15(13)24/h7,9-10,14H,3-6,8H2,1-2H3/t10-/m0/s1. The molecule has 0 saturated carbocycles. The monoisotopic (exact) mass is 365 g/mol. The van der Waals surface area contributed by atoms with Crippen LogP contribution in [0, 0.1) is 0 Å². The van der Waals surface area contributed by atoms with Gasteiger partial charge in [-0.05, 0) is 13.8 Å². The number of alkyl halides is 5. The van der Waals surface area contributed by atoms with E-state index in [1.165, 1.54) is 0 Å². The Morgan fingerprint density at radius 1 is 1.24 bits per heavy atom. The number of rotatable bonds is 2. The second kappa shape index (κ2) is 6.59. The maximum absolute atomic E-state index is 13.4. The van der Waals surface area contributed by atoms with Crippen LogP contribution in [0.1, 0.15) is 37.8 Å². The predicted molar refractivity (Wildman–Crippen MR) is 82.2 cm³/mol. The Morgan fingerprint density at radius 3 is 2.56 bits per heavy atom. The Balaban J connectivity index is 2.04. The van der Waals surface area contributed by atoms with E-state index >= 15 is 0 Å². The van der Waals surface area contributed by atoms with Crippen molar-refractivity contribution in [3.8, 4) is 5.75 Å². The highest BCUT2D eigenvalue weighted by Gasteiger charge is 2.42. The van der Waals surface area contributed by atoms with E-state index in [2.05, 4.69) is 23.7 Å². The Bertz CT molecular complexity index is 635. The topological polar surface area (TPSA) is 28.6 Å². The van der Waals surface area contributed by atoms with Crippen molar-refractivity contribution in [1.29, 1.82) is 0 Å². The summed E-state index contributed by atoms with van der Waals surface area (Å²) in [5.41, 5.74) is -2.54.